The number of carbonyl (C=O) groups excluding carboxylic acids is 2. The minimum absolute atomic E-state index is 0.309. The third kappa shape index (κ3) is 5.79. The van der Waals surface area contributed by atoms with E-state index >= 15 is 0 Å². The number of carbonyl (C=O) groups is 2. The molecule has 188 valence electrons. The predicted octanol–water partition coefficient (Wildman–Crippen LogP) is 4.04. The third-order valence-electron chi connectivity index (χ3n) is 5.44. The van der Waals surface area contributed by atoms with Crippen molar-refractivity contribution < 1.29 is 23.8 Å². The SMILES string of the molecule is COc1cc(/C=C/C(=O)NNC(=O)c2cn(-c3ccccc3)nc2-c2ccccc2)cc(OC)c1OC. The molecule has 1 aromatic heterocycles. The maximum atomic E-state index is 13.0. The largest absolute Gasteiger partial charge is 0.493 e. The fraction of sp³-hybridized carbons (Fsp3) is 0.107. The van der Waals surface area contributed by atoms with Crippen molar-refractivity contribution in [1.82, 2.24) is 20.6 Å². The molecule has 37 heavy (non-hydrogen) atoms. The van der Waals surface area contributed by atoms with Gasteiger partial charge in [0.1, 0.15) is 5.69 Å². The van der Waals surface area contributed by atoms with Crippen LogP contribution in [0.1, 0.15) is 15.9 Å². The van der Waals surface area contributed by atoms with E-state index in [1.165, 1.54) is 27.4 Å². The zero-order chi connectivity index (χ0) is 26.2. The fourth-order valence-corrected chi connectivity index (χ4v) is 3.66. The van der Waals surface area contributed by atoms with Crippen molar-refractivity contribution in [2.75, 3.05) is 21.3 Å². The van der Waals surface area contributed by atoms with Crippen LogP contribution in [0, 0.1) is 0 Å². The Bertz CT molecular complexity index is 1390. The molecular weight excluding hydrogens is 472 g/mol. The summed E-state index contributed by atoms with van der Waals surface area (Å²) in [7, 11) is 4.53. The van der Waals surface area contributed by atoms with Gasteiger partial charge >= 0.3 is 0 Å². The minimum atomic E-state index is -0.529. The molecule has 2 amide bonds. The van der Waals surface area contributed by atoms with Crippen molar-refractivity contribution in [2.24, 2.45) is 0 Å². The van der Waals surface area contributed by atoms with Gasteiger partial charge in [0, 0.05) is 17.8 Å². The Kier molecular flexibility index (Phi) is 7.85. The van der Waals surface area contributed by atoms with E-state index < -0.39 is 11.8 Å². The molecule has 0 aliphatic heterocycles. The van der Waals surface area contributed by atoms with Crippen molar-refractivity contribution >= 4 is 17.9 Å². The van der Waals surface area contributed by atoms with Crippen molar-refractivity contribution in [3.05, 3.63) is 96.2 Å². The van der Waals surface area contributed by atoms with Gasteiger partial charge in [0.2, 0.25) is 5.75 Å². The summed E-state index contributed by atoms with van der Waals surface area (Å²) in [5, 5.41) is 4.62. The summed E-state index contributed by atoms with van der Waals surface area (Å²) >= 11 is 0. The summed E-state index contributed by atoms with van der Waals surface area (Å²) in [6.45, 7) is 0. The Labute approximate surface area is 214 Å². The lowest BCUT2D eigenvalue weighted by molar-refractivity contribution is -0.117. The Morgan fingerprint density at radius 2 is 1.46 bits per heavy atom. The average molecular weight is 499 g/mol. The second-order valence-corrected chi connectivity index (χ2v) is 7.77. The van der Waals surface area contributed by atoms with Gasteiger partial charge in [-0.1, -0.05) is 48.5 Å². The van der Waals surface area contributed by atoms with Gasteiger partial charge in [0.15, 0.2) is 11.5 Å². The number of hydrogen-bond acceptors (Lipinski definition) is 6. The highest BCUT2D eigenvalue weighted by Gasteiger charge is 2.19. The second kappa shape index (κ2) is 11.6. The van der Waals surface area contributed by atoms with Gasteiger partial charge in [-0.05, 0) is 35.9 Å². The predicted molar refractivity (Wildman–Crippen MR) is 140 cm³/mol. The third-order valence-corrected chi connectivity index (χ3v) is 5.44. The van der Waals surface area contributed by atoms with Crippen LogP contribution in [0.5, 0.6) is 17.2 Å². The van der Waals surface area contributed by atoms with Gasteiger partial charge in [-0.2, -0.15) is 5.10 Å². The molecule has 0 spiro atoms. The van der Waals surface area contributed by atoms with Crippen LogP contribution in [-0.2, 0) is 4.79 Å². The van der Waals surface area contributed by atoms with E-state index in [9.17, 15) is 9.59 Å². The molecular formula is C28H26N4O5. The molecule has 4 rings (SSSR count). The Morgan fingerprint density at radius 3 is 2.05 bits per heavy atom. The van der Waals surface area contributed by atoms with E-state index in [0.29, 0.717) is 34.1 Å². The summed E-state index contributed by atoms with van der Waals surface area (Å²) in [4.78, 5) is 25.5. The number of ether oxygens (including phenoxy) is 3. The molecule has 0 radical (unpaired) electrons. The van der Waals surface area contributed by atoms with Gasteiger partial charge in [-0.15, -0.1) is 0 Å². The van der Waals surface area contributed by atoms with E-state index in [1.54, 1.807) is 29.1 Å². The molecule has 3 aromatic carbocycles. The van der Waals surface area contributed by atoms with Gasteiger partial charge in [-0.3, -0.25) is 20.4 Å². The molecule has 0 unspecified atom stereocenters. The topological polar surface area (TPSA) is 104 Å². The number of aromatic nitrogens is 2. The normalized spacial score (nSPS) is 10.7. The number of amides is 2. The molecule has 4 aromatic rings. The summed E-state index contributed by atoms with van der Waals surface area (Å²) < 4.78 is 17.6. The zero-order valence-corrected chi connectivity index (χ0v) is 20.6. The first-order valence-corrected chi connectivity index (χ1v) is 11.3. The molecule has 0 saturated heterocycles. The van der Waals surface area contributed by atoms with E-state index in [1.807, 2.05) is 60.7 Å². The highest BCUT2D eigenvalue weighted by molar-refractivity contribution is 6.01. The van der Waals surface area contributed by atoms with Crippen molar-refractivity contribution in [2.45, 2.75) is 0 Å². The van der Waals surface area contributed by atoms with E-state index in [0.717, 1.165) is 11.3 Å². The van der Waals surface area contributed by atoms with Crippen LogP contribution in [0.4, 0.5) is 0 Å². The molecule has 0 fully saturated rings. The first-order valence-electron chi connectivity index (χ1n) is 11.3. The Balaban J connectivity index is 1.50. The van der Waals surface area contributed by atoms with Crippen LogP contribution in [0.25, 0.3) is 23.0 Å². The molecule has 0 saturated carbocycles. The van der Waals surface area contributed by atoms with Gasteiger partial charge in [-0.25, -0.2) is 4.68 Å². The van der Waals surface area contributed by atoms with Crippen molar-refractivity contribution in [3.63, 3.8) is 0 Å². The van der Waals surface area contributed by atoms with Gasteiger partial charge < -0.3 is 14.2 Å². The molecule has 2 N–H and O–H groups in total. The summed E-state index contributed by atoms with van der Waals surface area (Å²) in [5.41, 5.74) is 7.89. The smallest absolute Gasteiger partial charge is 0.273 e. The number of hydrazine groups is 1. The number of benzene rings is 3. The highest BCUT2D eigenvalue weighted by Crippen LogP contribution is 2.38. The standard InChI is InChI=1S/C28H26N4O5/c1-35-23-16-19(17-24(36-2)27(23)37-3)14-15-25(33)29-30-28(34)22-18-32(21-12-8-5-9-13-21)31-26(22)20-10-6-4-7-11-20/h4-18H,1-3H3,(H,29,33)(H,30,34)/b15-14+. The number of rotatable bonds is 8. The van der Waals surface area contributed by atoms with Crippen molar-refractivity contribution in [1.29, 1.82) is 0 Å². The minimum Gasteiger partial charge on any atom is -0.493 e. The molecule has 0 atom stereocenters. The number of methoxy groups -OCH3 is 3. The zero-order valence-electron chi connectivity index (χ0n) is 20.6. The highest BCUT2D eigenvalue weighted by atomic mass is 16.5. The van der Waals surface area contributed by atoms with Crippen LogP contribution in [0.15, 0.2) is 85.1 Å². The van der Waals surface area contributed by atoms with Crippen LogP contribution in [-0.4, -0.2) is 42.9 Å². The first-order chi connectivity index (χ1) is 18.0. The molecule has 0 bridgehead atoms. The van der Waals surface area contributed by atoms with E-state index in [2.05, 4.69) is 16.0 Å². The van der Waals surface area contributed by atoms with Crippen LogP contribution < -0.4 is 25.1 Å². The quantitative estimate of drug-likeness (QED) is 0.281. The van der Waals surface area contributed by atoms with E-state index in [4.69, 9.17) is 14.2 Å². The number of nitrogens with zero attached hydrogens (tertiary/aromatic N) is 2. The Hall–Kier alpha value is -5.05. The maximum Gasteiger partial charge on any atom is 0.273 e. The summed E-state index contributed by atoms with van der Waals surface area (Å²) in [6.07, 6.45) is 4.48. The summed E-state index contributed by atoms with van der Waals surface area (Å²) in [6, 6.07) is 22.2. The summed E-state index contributed by atoms with van der Waals surface area (Å²) in [5.74, 6) is 0.330. The van der Waals surface area contributed by atoms with Crippen LogP contribution >= 0.6 is 0 Å². The lowest BCUT2D eigenvalue weighted by atomic mass is 10.1. The molecule has 1 heterocycles. The van der Waals surface area contributed by atoms with Gasteiger partial charge in [0.05, 0.1) is 32.6 Å². The molecule has 0 aliphatic carbocycles. The number of hydrogen-bond donors (Lipinski definition) is 2. The molecule has 0 aliphatic rings. The van der Waals surface area contributed by atoms with E-state index in [-0.39, 0.29) is 0 Å². The lowest BCUT2D eigenvalue weighted by Crippen LogP contribution is -2.40. The van der Waals surface area contributed by atoms with Crippen LogP contribution in [0.2, 0.25) is 0 Å². The monoisotopic (exact) mass is 498 g/mol. The average Bonchev–Trinajstić information content (AvgIpc) is 3.41. The first kappa shape index (κ1) is 25.1. The van der Waals surface area contributed by atoms with Crippen molar-refractivity contribution in [3.8, 4) is 34.2 Å². The lowest BCUT2D eigenvalue weighted by Gasteiger charge is -2.12. The fourth-order valence-electron chi connectivity index (χ4n) is 3.66. The van der Waals surface area contributed by atoms with Gasteiger partial charge in [0.25, 0.3) is 11.8 Å². The number of para-hydroxylation sites is 1. The number of nitrogens with one attached hydrogen (secondary N) is 2. The van der Waals surface area contributed by atoms with Crippen LogP contribution in [0.3, 0.4) is 0 Å². The second-order valence-electron chi connectivity index (χ2n) is 7.77. The Morgan fingerprint density at radius 1 is 0.838 bits per heavy atom. The maximum absolute atomic E-state index is 13.0. The molecule has 9 nitrogen and oxygen atoms in total. The molecule has 9 heteroatoms.